The molecule has 5 heavy (non-hydrogen) atoms. The maximum absolute atomic E-state index is 3.76. The van der Waals surface area contributed by atoms with Gasteiger partial charge in [0.1, 0.15) is 0 Å². The van der Waals surface area contributed by atoms with Crippen molar-refractivity contribution in [3.05, 3.63) is 6.33 Å². The maximum atomic E-state index is 3.76. The SMILES string of the molecule is c1n[siH]n[nH]1. The summed E-state index contributed by atoms with van der Waals surface area (Å²) in [6.45, 7) is 0. The van der Waals surface area contributed by atoms with Gasteiger partial charge in [-0.2, -0.15) is 0 Å². The molecule has 4 heteroatoms. The van der Waals surface area contributed by atoms with E-state index >= 15 is 0 Å². The van der Waals surface area contributed by atoms with Crippen molar-refractivity contribution in [1.29, 1.82) is 0 Å². The lowest BCUT2D eigenvalue weighted by molar-refractivity contribution is 1.13. The van der Waals surface area contributed by atoms with Crippen LogP contribution in [0.4, 0.5) is 0 Å². The lowest BCUT2D eigenvalue weighted by Crippen LogP contribution is -1.67. The molecule has 1 aromatic rings. The third-order valence-corrected chi connectivity index (χ3v) is 0.878. The summed E-state index contributed by atoms with van der Waals surface area (Å²) in [6, 6.07) is 0. The number of H-pyrrole nitrogens is 1. The summed E-state index contributed by atoms with van der Waals surface area (Å²) in [5.74, 6) is 0. The van der Waals surface area contributed by atoms with E-state index in [-0.39, 0.29) is 9.46 Å². The molecule has 0 fully saturated rings. The number of nitrogens with zero attached hydrogens (tertiary/aromatic N) is 2. The minimum Gasteiger partial charge on any atom is -0.277 e. The minimum absolute atomic E-state index is 0.00926. The van der Waals surface area contributed by atoms with Crippen LogP contribution in [-0.4, -0.2) is 24.0 Å². The van der Waals surface area contributed by atoms with E-state index in [1.165, 1.54) is 0 Å². The average Bonchev–Trinajstić information content (AvgIpc) is 1.76. The molecule has 0 aliphatic heterocycles. The maximum Gasteiger partial charge on any atom is 0.278 e. The normalized spacial score (nSPS) is 8.00. The Balaban J connectivity index is 3.13. The standard InChI is InChI=1S/CH3N3Si/c1-2-4-5-3-1/h1,5H,(H,2,3). The molecule has 0 saturated carbocycles. The molecule has 0 bridgehead atoms. The van der Waals surface area contributed by atoms with Gasteiger partial charge in [-0.15, -0.1) is 0 Å². The van der Waals surface area contributed by atoms with Crippen molar-refractivity contribution in [2.75, 3.05) is 0 Å². The summed E-state index contributed by atoms with van der Waals surface area (Å²) in [5.41, 5.74) is 0. The largest absolute Gasteiger partial charge is 0.278 e. The van der Waals surface area contributed by atoms with Crippen LogP contribution in [0.2, 0.25) is 0 Å². The lowest BCUT2D eigenvalue weighted by Gasteiger charge is -1.47. The third-order valence-electron chi connectivity index (χ3n) is 0.331. The highest BCUT2D eigenvalue weighted by molar-refractivity contribution is 6.12. The Morgan fingerprint density at radius 2 is 2.80 bits per heavy atom. The van der Waals surface area contributed by atoms with Crippen LogP contribution in [-0.2, 0) is 0 Å². The van der Waals surface area contributed by atoms with Crippen LogP contribution in [0.25, 0.3) is 0 Å². The zero-order valence-corrected chi connectivity index (χ0v) is 3.70. The minimum atomic E-state index is 0.00926. The highest BCUT2D eigenvalue weighted by Gasteiger charge is 1.58. The molecule has 0 spiro atoms. The number of hydrogen-bond donors (Lipinski definition) is 1. The molecular weight excluding hydrogens is 82.1 g/mol. The van der Waals surface area contributed by atoms with E-state index in [0.717, 1.165) is 0 Å². The highest BCUT2D eigenvalue weighted by Crippen LogP contribution is 1.43. The molecule has 0 unspecified atom stereocenters. The summed E-state index contributed by atoms with van der Waals surface area (Å²) in [7, 11) is 0.00926. The van der Waals surface area contributed by atoms with Gasteiger partial charge in [0.2, 0.25) is 0 Å². The molecule has 1 aromatic heterocycles. The van der Waals surface area contributed by atoms with Crippen LogP contribution >= 0.6 is 0 Å². The van der Waals surface area contributed by atoms with Gasteiger partial charge in [-0.25, -0.2) is 4.75 Å². The Kier molecular flexibility index (Phi) is 0.581. The van der Waals surface area contributed by atoms with Crippen molar-refractivity contribution in [2.45, 2.75) is 0 Å². The van der Waals surface area contributed by atoms with Crippen molar-refractivity contribution in [3.8, 4) is 0 Å². The molecule has 3 nitrogen and oxygen atoms in total. The molecule has 0 aliphatic rings. The Morgan fingerprint density at radius 3 is 3.00 bits per heavy atom. The van der Waals surface area contributed by atoms with Crippen molar-refractivity contribution in [3.63, 3.8) is 0 Å². The first-order valence-corrected chi connectivity index (χ1v) is 2.32. The summed E-state index contributed by atoms with van der Waals surface area (Å²) in [6.07, 6.45) is 1.61. The fraction of sp³-hybridized carbons (Fsp3) is 0. The fourth-order valence-electron chi connectivity index (χ4n) is 0.167. The van der Waals surface area contributed by atoms with E-state index in [0.29, 0.717) is 0 Å². The van der Waals surface area contributed by atoms with Gasteiger partial charge >= 0.3 is 0 Å². The molecule has 1 rings (SSSR count). The van der Waals surface area contributed by atoms with E-state index in [1.54, 1.807) is 6.33 Å². The van der Waals surface area contributed by atoms with E-state index in [1.807, 2.05) is 0 Å². The summed E-state index contributed by atoms with van der Waals surface area (Å²) < 4.78 is 7.46. The second-order valence-corrected chi connectivity index (χ2v) is 1.44. The number of aromatic nitrogens is 3. The summed E-state index contributed by atoms with van der Waals surface area (Å²) in [5, 5.41) is 2.59. The second kappa shape index (κ2) is 1.07. The molecule has 0 aliphatic carbocycles. The Labute approximate surface area is 31.4 Å². The van der Waals surface area contributed by atoms with Gasteiger partial charge < -0.3 is 0 Å². The Morgan fingerprint density at radius 1 is 1.80 bits per heavy atom. The van der Waals surface area contributed by atoms with Gasteiger partial charge in [0.05, 0.1) is 6.33 Å². The number of nitrogens with one attached hydrogen (secondary N) is 1. The van der Waals surface area contributed by atoms with Gasteiger partial charge in [0, 0.05) is 0 Å². The average molecular weight is 85.1 g/mol. The van der Waals surface area contributed by atoms with Crippen LogP contribution in [0, 0.1) is 0 Å². The van der Waals surface area contributed by atoms with E-state index < -0.39 is 0 Å². The van der Waals surface area contributed by atoms with E-state index in [9.17, 15) is 0 Å². The van der Waals surface area contributed by atoms with Gasteiger partial charge in [-0.3, -0.25) is 9.74 Å². The topological polar surface area (TPSA) is 41.6 Å². The zero-order chi connectivity index (χ0) is 3.54. The third kappa shape index (κ3) is 0.383. The van der Waals surface area contributed by atoms with Crippen LogP contribution in [0.3, 0.4) is 0 Å². The molecular formula is CH3N3Si. The lowest BCUT2D eigenvalue weighted by atomic mass is 11.5. The molecule has 1 N–H and O–H groups in total. The van der Waals surface area contributed by atoms with Crippen molar-refractivity contribution in [1.82, 2.24) is 14.5 Å². The quantitative estimate of drug-likeness (QED) is 0.405. The van der Waals surface area contributed by atoms with Crippen molar-refractivity contribution < 1.29 is 0 Å². The van der Waals surface area contributed by atoms with E-state index in [2.05, 4.69) is 14.5 Å². The number of hydrogen-bond acceptors (Lipinski definition) is 2. The molecule has 26 valence electrons. The zero-order valence-electron chi connectivity index (χ0n) is 2.55. The van der Waals surface area contributed by atoms with Crippen LogP contribution in [0.15, 0.2) is 6.33 Å². The van der Waals surface area contributed by atoms with Gasteiger partial charge in [-0.1, -0.05) is 0 Å². The smallest absolute Gasteiger partial charge is 0.277 e. The predicted octanol–water partition coefficient (Wildman–Crippen LogP) is -1.12. The second-order valence-electron chi connectivity index (χ2n) is 0.652. The van der Waals surface area contributed by atoms with Crippen molar-refractivity contribution in [2.24, 2.45) is 0 Å². The number of rotatable bonds is 0. The van der Waals surface area contributed by atoms with Gasteiger partial charge in [0.25, 0.3) is 9.46 Å². The summed E-state index contributed by atoms with van der Waals surface area (Å²) in [4.78, 5) is 0. The fourth-order valence-corrected chi connectivity index (χ4v) is 0.500. The Bertz CT molecular complexity index is 63.4. The van der Waals surface area contributed by atoms with E-state index in [4.69, 9.17) is 0 Å². The first kappa shape index (κ1) is 2.71. The van der Waals surface area contributed by atoms with Crippen LogP contribution in [0.5, 0.6) is 0 Å². The predicted molar refractivity (Wildman–Crippen MR) is 19.1 cm³/mol. The molecule has 1 heterocycles. The monoisotopic (exact) mass is 85.0 g/mol. The first-order chi connectivity index (χ1) is 2.50. The molecule has 0 atom stereocenters. The van der Waals surface area contributed by atoms with Crippen LogP contribution < -0.4 is 0 Å². The molecule has 0 amide bonds. The molecule has 0 aromatic carbocycles. The molecule has 0 radical (unpaired) electrons. The Hall–Kier alpha value is -0.513. The van der Waals surface area contributed by atoms with Crippen LogP contribution in [0.1, 0.15) is 0 Å². The highest BCUT2D eigenvalue weighted by atomic mass is 28.2. The first-order valence-electron chi connectivity index (χ1n) is 1.29. The van der Waals surface area contributed by atoms with Crippen molar-refractivity contribution >= 4 is 9.46 Å². The molecule has 0 saturated heterocycles. The number of aromatic amines is 1. The van der Waals surface area contributed by atoms with Gasteiger partial charge in [0.15, 0.2) is 0 Å². The van der Waals surface area contributed by atoms with Gasteiger partial charge in [-0.05, 0) is 0 Å². The summed E-state index contributed by atoms with van der Waals surface area (Å²) >= 11 is 0.